The van der Waals surface area contributed by atoms with E-state index in [1.807, 2.05) is 0 Å². The first kappa shape index (κ1) is 20.3. The van der Waals surface area contributed by atoms with E-state index in [4.69, 9.17) is 10.5 Å². The Hall–Kier alpha value is -2.42. The van der Waals surface area contributed by atoms with Gasteiger partial charge in [-0.15, -0.1) is 11.3 Å². The van der Waals surface area contributed by atoms with E-state index in [1.165, 1.54) is 23.2 Å². The molecule has 1 aromatic heterocycles. The number of amides is 3. The number of primary amides is 1. The summed E-state index contributed by atoms with van der Waals surface area (Å²) in [6, 6.07) is -0.649. The molecule has 0 bridgehead atoms. The number of nitrogens with zero attached hydrogens (tertiary/aromatic N) is 1. The van der Waals surface area contributed by atoms with Gasteiger partial charge in [0.2, 0.25) is 11.8 Å². The summed E-state index contributed by atoms with van der Waals surface area (Å²) in [4.78, 5) is 50.8. The van der Waals surface area contributed by atoms with Crippen LogP contribution in [0.5, 0.6) is 0 Å². The van der Waals surface area contributed by atoms with Crippen molar-refractivity contribution in [2.75, 3.05) is 18.5 Å². The SMILES string of the molecule is CC(=O)Nc1sc2c(c1C(=O)OCC(=O)N1CCCC[C@H]1C(N)=O)CCCC2. The number of piperidine rings is 1. The van der Waals surface area contributed by atoms with Gasteiger partial charge in [-0.2, -0.15) is 0 Å². The second kappa shape index (κ2) is 8.72. The number of esters is 1. The monoisotopic (exact) mass is 407 g/mol. The van der Waals surface area contributed by atoms with Crippen molar-refractivity contribution >= 4 is 40.0 Å². The zero-order valence-electron chi connectivity index (χ0n) is 15.9. The van der Waals surface area contributed by atoms with E-state index in [9.17, 15) is 19.2 Å². The van der Waals surface area contributed by atoms with Gasteiger partial charge < -0.3 is 20.7 Å². The third-order valence-electron chi connectivity index (χ3n) is 5.14. The molecule has 1 fully saturated rings. The zero-order valence-corrected chi connectivity index (χ0v) is 16.7. The molecule has 0 saturated carbocycles. The van der Waals surface area contributed by atoms with E-state index >= 15 is 0 Å². The average Bonchev–Trinajstić information content (AvgIpc) is 3.02. The highest BCUT2D eigenvalue weighted by molar-refractivity contribution is 7.17. The number of anilines is 1. The van der Waals surface area contributed by atoms with Crippen LogP contribution in [0.3, 0.4) is 0 Å². The van der Waals surface area contributed by atoms with E-state index in [-0.39, 0.29) is 5.91 Å². The van der Waals surface area contributed by atoms with E-state index in [2.05, 4.69) is 5.32 Å². The second-order valence-electron chi connectivity index (χ2n) is 7.17. The first-order valence-corrected chi connectivity index (χ1v) is 10.4. The van der Waals surface area contributed by atoms with Gasteiger partial charge in [0.15, 0.2) is 6.61 Å². The third kappa shape index (κ3) is 4.35. The molecule has 28 heavy (non-hydrogen) atoms. The Morgan fingerprint density at radius 1 is 1.18 bits per heavy atom. The minimum absolute atomic E-state index is 0.263. The maximum Gasteiger partial charge on any atom is 0.341 e. The van der Waals surface area contributed by atoms with E-state index in [0.29, 0.717) is 23.5 Å². The maximum absolute atomic E-state index is 12.8. The van der Waals surface area contributed by atoms with Gasteiger partial charge in [0.1, 0.15) is 11.0 Å². The number of hydrogen-bond donors (Lipinski definition) is 2. The summed E-state index contributed by atoms with van der Waals surface area (Å²) in [6.07, 6.45) is 5.78. The number of nitrogens with two attached hydrogens (primary N) is 1. The van der Waals surface area contributed by atoms with Crippen LogP contribution in [0.2, 0.25) is 0 Å². The third-order valence-corrected chi connectivity index (χ3v) is 6.35. The molecule has 1 aromatic rings. The van der Waals surface area contributed by atoms with Crippen LogP contribution in [0.15, 0.2) is 0 Å². The lowest BCUT2D eigenvalue weighted by Gasteiger charge is -2.33. The van der Waals surface area contributed by atoms with E-state index in [1.54, 1.807) is 0 Å². The van der Waals surface area contributed by atoms with E-state index in [0.717, 1.165) is 49.0 Å². The maximum atomic E-state index is 12.8. The molecule has 152 valence electrons. The summed E-state index contributed by atoms with van der Waals surface area (Å²) < 4.78 is 5.29. The van der Waals surface area contributed by atoms with Crippen molar-refractivity contribution in [2.24, 2.45) is 5.73 Å². The largest absolute Gasteiger partial charge is 0.452 e. The van der Waals surface area contributed by atoms with Gasteiger partial charge in [0.25, 0.3) is 5.91 Å². The molecule has 0 spiro atoms. The molecule has 2 aliphatic rings. The predicted molar refractivity (Wildman–Crippen MR) is 104 cm³/mol. The summed E-state index contributed by atoms with van der Waals surface area (Å²) in [5, 5.41) is 3.18. The first-order valence-electron chi connectivity index (χ1n) is 9.56. The summed E-state index contributed by atoms with van der Waals surface area (Å²) in [6.45, 7) is 1.36. The molecular weight excluding hydrogens is 382 g/mol. The van der Waals surface area contributed by atoms with Gasteiger partial charge in [0, 0.05) is 18.3 Å². The number of aryl methyl sites for hydroxylation is 1. The molecule has 9 heteroatoms. The minimum Gasteiger partial charge on any atom is -0.452 e. The van der Waals surface area contributed by atoms with Crippen molar-refractivity contribution in [3.05, 3.63) is 16.0 Å². The van der Waals surface area contributed by atoms with E-state index < -0.39 is 30.4 Å². The molecule has 3 amide bonds. The highest BCUT2D eigenvalue weighted by Crippen LogP contribution is 2.38. The Labute approximate surface area is 167 Å². The van der Waals surface area contributed by atoms with Crippen molar-refractivity contribution in [3.63, 3.8) is 0 Å². The lowest BCUT2D eigenvalue weighted by atomic mass is 9.95. The van der Waals surface area contributed by atoms with Crippen molar-refractivity contribution in [1.82, 2.24) is 4.90 Å². The lowest BCUT2D eigenvalue weighted by Crippen LogP contribution is -2.51. The summed E-state index contributed by atoms with van der Waals surface area (Å²) >= 11 is 1.40. The van der Waals surface area contributed by atoms with Crippen LogP contribution in [-0.4, -0.2) is 47.8 Å². The van der Waals surface area contributed by atoms with Crippen LogP contribution in [0.1, 0.15) is 59.8 Å². The van der Waals surface area contributed by atoms with Gasteiger partial charge in [-0.25, -0.2) is 4.79 Å². The van der Waals surface area contributed by atoms with Gasteiger partial charge in [-0.1, -0.05) is 0 Å². The number of nitrogens with one attached hydrogen (secondary N) is 1. The Morgan fingerprint density at radius 2 is 1.93 bits per heavy atom. The first-order chi connectivity index (χ1) is 13.4. The number of rotatable bonds is 5. The Bertz CT molecular complexity index is 804. The number of thiophene rings is 1. The van der Waals surface area contributed by atoms with Gasteiger partial charge in [-0.05, 0) is 50.5 Å². The number of hydrogen-bond acceptors (Lipinski definition) is 6. The predicted octanol–water partition coefficient (Wildman–Crippen LogP) is 1.61. The van der Waals surface area contributed by atoms with Crippen molar-refractivity contribution < 1.29 is 23.9 Å². The number of ether oxygens (including phenoxy) is 1. The Kier molecular flexibility index (Phi) is 6.33. The highest BCUT2D eigenvalue weighted by atomic mass is 32.1. The van der Waals surface area contributed by atoms with Crippen LogP contribution < -0.4 is 11.1 Å². The molecule has 3 N–H and O–H groups in total. The van der Waals surface area contributed by atoms with Gasteiger partial charge in [0.05, 0.1) is 5.56 Å². The van der Waals surface area contributed by atoms with Crippen LogP contribution in [-0.2, 0) is 32.0 Å². The van der Waals surface area contributed by atoms with Crippen molar-refractivity contribution in [2.45, 2.75) is 57.9 Å². The molecular formula is C19H25N3O5S. The molecule has 8 nitrogen and oxygen atoms in total. The number of carbonyl (C=O) groups is 4. The molecule has 1 aliphatic carbocycles. The number of fused-ring (bicyclic) bond motifs is 1. The second-order valence-corrected chi connectivity index (χ2v) is 8.28. The standard InChI is InChI=1S/C19H25N3O5S/c1-11(23)21-18-16(12-6-2-3-8-14(12)28-18)19(26)27-10-15(24)22-9-5-4-7-13(22)17(20)25/h13H,2-10H2,1H3,(H2,20,25)(H,21,23)/t13-/m0/s1. The molecule has 2 heterocycles. The Morgan fingerprint density at radius 3 is 2.64 bits per heavy atom. The van der Waals surface area contributed by atoms with Crippen LogP contribution in [0.25, 0.3) is 0 Å². The fraction of sp³-hybridized carbons (Fsp3) is 0.579. The zero-order chi connectivity index (χ0) is 20.3. The topological polar surface area (TPSA) is 119 Å². The van der Waals surface area contributed by atoms with Gasteiger partial charge in [-0.3, -0.25) is 14.4 Å². The highest BCUT2D eigenvalue weighted by Gasteiger charge is 2.32. The molecule has 1 atom stereocenters. The molecule has 0 unspecified atom stereocenters. The fourth-order valence-electron chi connectivity index (χ4n) is 3.84. The smallest absolute Gasteiger partial charge is 0.341 e. The van der Waals surface area contributed by atoms with Crippen LogP contribution >= 0.6 is 11.3 Å². The van der Waals surface area contributed by atoms with Crippen LogP contribution in [0.4, 0.5) is 5.00 Å². The molecule has 0 radical (unpaired) electrons. The molecule has 0 aromatic carbocycles. The van der Waals surface area contributed by atoms with Crippen molar-refractivity contribution in [1.29, 1.82) is 0 Å². The van der Waals surface area contributed by atoms with Crippen LogP contribution in [0, 0.1) is 0 Å². The summed E-state index contributed by atoms with van der Waals surface area (Å²) in [5.74, 6) is -1.85. The average molecular weight is 407 g/mol. The summed E-state index contributed by atoms with van der Waals surface area (Å²) in [7, 11) is 0. The normalized spacial score (nSPS) is 18.9. The Balaban J connectivity index is 1.72. The summed E-state index contributed by atoms with van der Waals surface area (Å²) in [5.41, 5.74) is 6.65. The molecule has 1 saturated heterocycles. The number of carbonyl (C=O) groups excluding carboxylic acids is 4. The number of likely N-dealkylation sites (tertiary alicyclic amines) is 1. The molecule has 1 aliphatic heterocycles. The fourth-order valence-corrected chi connectivity index (χ4v) is 5.16. The minimum atomic E-state index is -0.649. The van der Waals surface area contributed by atoms with Gasteiger partial charge >= 0.3 is 5.97 Å². The lowest BCUT2D eigenvalue weighted by molar-refractivity contribution is -0.143. The quantitative estimate of drug-likeness (QED) is 0.719. The van der Waals surface area contributed by atoms with Crippen molar-refractivity contribution in [3.8, 4) is 0 Å². The molecule has 3 rings (SSSR count).